The number of rotatable bonds is 2. The molecule has 72 valence electrons. The van der Waals surface area contributed by atoms with Crippen molar-refractivity contribution >= 4 is 11.9 Å². The SMILES string of the molecule is COC(=O)CC(=O)OC(C)(C)C.[H-].[K+]. The molecule has 0 radical (unpaired) electrons. The summed E-state index contributed by atoms with van der Waals surface area (Å²) in [6, 6.07) is 0. The van der Waals surface area contributed by atoms with Crippen molar-refractivity contribution in [3.63, 3.8) is 0 Å². The molecular formula is C8H15KO4. The third kappa shape index (κ3) is 10.5. The quantitative estimate of drug-likeness (QED) is 0.303. The monoisotopic (exact) mass is 214 g/mol. The van der Waals surface area contributed by atoms with Crippen molar-refractivity contribution in [2.45, 2.75) is 32.8 Å². The number of carbonyl (C=O) groups is 2. The van der Waals surface area contributed by atoms with E-state index < -0.39 is 17.5 Å². The zero-order valence-electron chi connectivity index (χ0n) is 9.84. The third-order valence-corrected chi connectivity index (χ3v) is 0.936. The smallest absolute Gasteiger partial charge is 1.00 e. The first kappa shape index (κ1) is 16.0. The zero-order valence-corrected chi connectivity index (χ0v) is 12.0. The number of ether oxygens (including phenoxy) is 2. The molecule has 0 atom stereocenters. The van der Waals surface area contributed by atoms with Gasteiger partial charge in [-0.05, 0) is 20.8 Å². The summed E-state index contributed by atoms with van der Waals surface area (Å²) in [7, 11) is 1.23. The molecule has 0 unspecified atom stereocenters. The molecule has 0 amide bonds. The Morgan fingerprint density at radius 1 is 1.23 bits per heavy atom. The fourth-order valence-electron chi connectivity index (χ4n) is 0.568. The van der Waals surface area contributed by atoms with E-state index in [0.717, 1.165) is 0 Å². The maximum Gasteiger partial charge on any atom is 1.00 e. The molecule has 0 N–H and O–H groups in total. The van der Waals surface area contributed by atoms with Crippen molar-refractivity contribution < 1.29 is 71.9 Å². The van der Waals surface area contributed by atoms with Crippen LogP contribution < -0.4 is 51.4 Å². The molecule has 0 aromatic heterocycles. The van der Waals surface area contributed by atoms with E-state index in [9.17, 15) is 9.59 Å². The topological polar surface area (TPSA) is 52.6 Å². The second-order valence-corrected chi connectivity index (χ2v) is 3.34. The largest absolute Gasteiger partial charge is 1.00 e. The number of hydrogen-bond acceptors (Lipinski definition) is 4. The normalized spacial score (nSPS) is 9.85. The summed E-state index contributed by atoms with van der Waals surface area (Å²) in [4.78, 5) is 21.5. The predicted octanol–water partition coefficient (Wildman–Crippen LogP) is -1.99. The van der Waals surface area contributed by atoms with Gasteiger partial charge in [-0.25, -0.2) is 0 Å². The van der Waals surface area contributed by atoms with Gasteiger partial charge in [0.05, 0.1) is 7.11 Å². The molecule has 0 spiro atoms. The van der Waals surface area contributed by atoms with Gasteiger partial charge in [-0.1, -0.05) is 0 Å². The van der Waals surface area contributed by atoms with Crippen LogP contribution in [0.5, 0.6) is 0 Å². The van der Waals surface area contributed by atoms with Crippen LogP contribution in [-0.4, -0.2) is 24.6 Å². The van der Waals surface area contributed by atoms with E-state index in [2.05, 4.69) is 4.74 Å². The maximum absolute atomic E-state index is 10.9. The van der Waals surface area contributed by atoms with Crippen molar-refractivity contribution in [2.75, 3.05) is 7.11 Å². The fourth-order valence-corrected chi connectivity index (χ4v) is 0.568. The number of methoxy groups -OCH3 is 1. The molecule has 0 aliphatic carbocycles. The number of hydrogen-bond donors (Lipinski definition) is 0. The Bertz CT molecular complexity index is 188. The van der Waals surface area contributed by atoms with Crippen molar-refractivity contribution in [3.8, 4) is 0 Å². The predicted molar refractivity (Wildman–Crippen MR) is 43.6 cm³/mol. The van der Waals surface area contributed by atoms with Crippen molar-refractivity contribution in [2.24, 2.45) is 0 Å². The molecule has 0 saturated carbocycles. The van der Waals surface area contributed by atoms with Gasteiger partial charge in [0.2, 0.25) is 0 Å². The van der Waals surface area contributed by atoms with Gasteiger partial charge in [-0.15, -0.1) is 0 Å². The van der Waals surface area contributed by atoms with Crippen LogP contribution >= 0.6 is 0 Å². The molecule has 0 aromatic rings. The van der Waals surface area contributed by atoms with Crippen molar-refractivity contribution in [1.29, 1.82) is 0 Å². The summed E-state index contributed by atoms with van der Waals surface area (Å²) < 4.78 is 9.17. The van der Waals surface area contributed by atoms with Crippen LogP contribution in [0, 0.1) is 0 Å². The third-order valence-electron chi connectivity index (χ3n) is 0.936. The van der Waals surface area contributed by atoms with Crippen LogP contribution in [0.4, 0.5) is 0 Å². The Morgan fingerprint density at radius 2 is 1.69 bits per heavy atom. The summed E-state index contributed by atoms with van der Waals surface area (Å²) in [5.74, 6) is -1.14. The minimum atomic E-state index is -0.579. The van der Waals surface area contributed by atoms with Gasteiger partial charge < -0.3 is 10.9 Å². The second kappa shape index (κ2) is 6.95. The summed E-state index contributed by atoms with van der Waals surface area (Å²) >= 11 is 0. The first-order valence-electron chi connectivity index (χ1n) is 3.64. The first-order chi connectivity index (χ1) is 5.35. The van der Waals surface area contributed by atoms with Gasteiger partial charge in [0.25, 0.3) is 0 Å². The fraction of sp³-hybridized carbons (Fsp3) is 0.750. The first-order valence-corrected chi connectivity index (χ1v) is 3.64. The molecule has 0 aliphatic heterocycles. The van der Waals surface area contributed by atoms with E-state index in [1.807, 2.05) is 0 Å². The van der Waals surface area contributed by atoms with Crippen LogP contribution in [-0.2, 0) is 19.1 Å². The molecular weight excluding hydrogens is 199 g/mol. The van der Waals surface area contributed by atoms with Crippen LogP contribution in [0.3, 0.4) is 0 Å². The Hall–Kier alpha value is 0.576. The van der Waals surface area contributed by atoms with Gasteiger partial charge >= 0.3 is 63.3 Å². The minimum Gasteiger partial charge on any atom is -1.00 e. The van der Waals surface area contributed by atoms with Gasteiger partial charge in [-0.2, -0.15) is 0 Å². The van der Waals surface area contributed by atoms with Gasteiger partial charge in [0.1, 0.15) is 12.0 Å². The molecule has 4 nitrogen and oxygen atoms in total. The average Bonchev–Trinajstić information content (AvgIpc) is 1.82. The van der Waals surface area contributed by atoms with E-state index >= 15 is 0 Å². The maximum atomic E-state index is 10.9. The Kier molecular flexibility index (Phi) is 8.56. The Labute approximate surface area is 122 Å². The summed E-state index contributed by atoms with van der Waals surface area (Å²) in [5.41, 5.74) is -0.550. The van der Waals surface area contributed by atoms with Crippen molar-refractivity contribution in [1.82, 2.24) is 0 Å². The molecule has 13 heavy (non-hydrogen) atoms. The molecule has 5 heteroatoms. The second-order valence-electron chi connectivity index (χ2n) is 3.34. The van der Waals surface area contributed by atoms with Crippen LogP contribution in [0.2, 0.25) is 0 Å². The average molecular weight is 214 g/mol. The standard InChI is InChI=1S/C8H14O4.K.H/c1-8(2,3)12-7(10)5-6(9)11-4;;/h5H2,1-4H3;;/q;+1;-1. The Balaban J connectivity index is -0.000000605. The molecule has 0 aliphatic rings. The zero-order chi connectivity index (χ0) is 9.78. The van der Waals surface area contributed by atoms with Gasteiger partial charge in [0.15, 0.2) is 0 Å². The van der Waals surface area contributed by atoms with Crippen LogP contribution in [0.25, 0.3) is 0 Å². The van der Waals surface area contributed by atoms with Crippen LogP contribution in [0.15, 0.2) is 0 Å². The van der Waals surface area contributed by atoms with Crippen molar-refractivity contribution in [3.05, 3.63) is 0 Å². The summed E-state index contributed by atoms with van der Waals surface area (Å²) in [6.45, 7) is 5.21. The van der Waals surface area contributed by atoms with E-state index in [-0.39, 0.29) is 59.2 Å². The van der Waals surface area contributed by atoms with Gasteiger partial charge in [0, 0.05) is 0 Å². The van der Waals surface area contributed by atoms with Crippen LogP contribution in [0.1, 0.15) is 28.6 Å². The molecule has 0 rings (SSSR count). The molecule has 0 fully saturated rings. The number of carbonyl (C=O) groups excluding carboxylic acids is 2. The summed E-state index contributed by atoms with van der Waals surface area (Å²) in [6.07, 6.45) is -0.326. The minimum absolute atomic E-state index is 0. The molecule has 0 heterocycles. The van der Waals surface area contributed by atoms with Gasteiger partial charge in [-0.3, -0.25) is 9.59 Å². The van der Waals surface area contributed by atoms with E-state index in [1.54, 1.807) is 20.8 Å². The molecule has 0 saturated heterocycles. The Morgan fingerprint density at radius 3 is 2.00 bits per heavy atom. The van der Waals surface area contributed by atoms with E-state index in [1.165, 1.54) is 7.11 Å². The van der Waals surface area contributed by atoms with E-state index in [4.69, 9.17) is 4.74 Å². The number of esters is 2. The molecule has 0 bridgehead atoms. The van der Waals surface area contributed by atoms with E-state index in [0.29, 0.717) is 0 Å². The summed E-state index contributed by atoms with van der Waals surface area (Å²) in [5, 5.41) is 0. The molecule has 0 aromatic carbocycles.